The zero-order chi connectivity index (χ0) is 15.0. The minimum absolute atomic E-state index is 0.262. The van der Waals surface area contributed by atoms with E-state index in [1.165, 1.54) is 11.3 Å². The van der Waals surface area contributed by atoms with Crippen molar-refractivity contribution in [3.8, 4) is 0 Å². The van der Waals surface area contributed by atoms with Crippen molar-refractivity contribution >= 4 is 34.3 Å². The summed E-state index contributed by atoms with van der Waals surface area (Å²) in [6.07, 6.45) is 2.99. The molecule has 1 saturated heterocycles. The van der Waals surface area contributed by atoms with Crippen molar-refractivity contribution in [3.05, 3.63) is 10.6 Å². The molecule has 0 bridgehead atoms. The summed E-state index contributed by atoms with van der Waals surface area (Å²) in [4.78, 5) is 39.4. The smallest absolute Gasteiger partial charge is 0.312 e. The van der Waals surface area contributed by atoms with E-state index in [0.717, 1.165) is 17.7 Å². The van der Waals surface area contributed by atoms with Crippen LogP contribution < -0.4 is 10.6 Å². The summed E-state index contributed by atoms with van der Waals surface area (Å²) in [5.74, 6) is -2.02. The molecular weight excluding hydrogens is 294 g/mol. The van der Waals surface area contributed by atoms with E-state index >= 15 is 0 Å². The Morgan fingerprint density at radius 3 is 2.86 bits per heavy atom. The van der Waals surface area contributed by atoms with E-state index in [1.807, 2.05) is 0 Å². The van der Waals surface area contributed by atoms with Gasteiger partial charge in [-0.3, -0.25) is 19.7 Å². The molecule has 2 atom stereocenters. The third kappa shape index (κ3) is 2.76. The van der Waals surface area contributed by atoms with E-state index in [2.05, 4.69) is 15.6 Å². The number of amides is 2. The van der Waals surface area contributed by atoms with E-state index < -0.39 is 17.9 Å². The van der Waals surface area contributed by atoms with Crippen LogP contribution in [-0.2, 0) is 20.8 Å². The monoisotopic (exact) mass is 309 g/mol. The van der Waals surface area contributed by atoms with E-state index in [1.54, 1.807) is 0 Å². The second kappa shape index (κ2) is 5.44. The number of carbonyl (C=O) groups excluding carboxylic acids is 2. The molecule has 1 fully saturated rings. The Labute approximate surface area is 124 Å². The largest absolute Gasteiger partial charge is 0.481 e. The maximum Gasteiger partial charge on any atom is 0.312 e. The average molecular weight is 309 g/mol. The van der Waals surface area contributed by atoms with Crippen LogP contribution in [0.1, 0.15) is 42.2 Å². The zero-order valence-corrected chi connectivity index (χ0v) is 12.0. The molecule has 1 aromatic rings. The average Bonchev–Trinajstić information content (AvgIpc) is 2.83. The number of anilines is 1. The second-order valence-corrected chi connectivity index (χ2v) is 6.34. The fourth-order valence-corrected chi connectivity index (χ4v) is 3.82. The van der Waals surface area contributed by atoms with Gasteiger partial charge in [-0.2, -0.15) is 0 Å². The van der Waals surface area contributed by atoms with Gasteiger partial charge in [-0.25, -0.2) is 4.98 Å². The number of carboxylic acid groups (broad SMARTS) is 1. The maximum absolute atomic E-state index is 11.7. The maximum atomic E-state index is 11.7. The highest BCUT2D eigenvalue weighted by molar-refractivity contribution is 7.15. The molecule has 3 rings (SSSR count). The first-order valence-corrected chi connectivity index (χ1v) is 7.69. The zero-order valence-electron chi connectivity index (χ0n) is 11.2. The van der Waals surface area contributed by atoms with Crippen LogP contribution in [0.15, 0.2) is 0 Å². The molecular formula is C13H15N3O4S. The van der Waals surface area contributed by atoms with E-state index in [-0.39, 0.29) is 11.8 Å². The molecule has 1 aromatic heterocycles. The van der Waals surface area contributed by atoms with Gasteiger partial charge in [0.15, 0.2) is 5.13 Å². The van der Waals surface area contributed by atoms with Gasteiger partial charge in [-0.15, -0.1) is 11.3 Å². The first kappa shape index (κ1) is 14.0. The van der Waals surface area contributed by atoms with E-state index in [0.29, 0.717) is 30.1 Å². The van der Waals surface area contributed by atoms with Crippen molar-refractivity contribution in [2.24, 2.45) is 0 Å². The van der Waals surface area contributed by atoms with Crippen LogP contribution in [0, 0.1) is 0 Å². The molecule has 112 valence electrons. The molecule has 1 aliphatic heterocycles. The van der Waals surface area contributed by atoms with Crippen LogP contribution in [0.25, 0.3) is 0 Å². The lowest BCUT2D eigenvalue weighted by atomic mass is 9.91. The third-order valence-electron chi connectivity index (χ3n) is 3.79. The van der Waals surface area contributed by atoms with Crippen LogP contribution in [0.3, 0.4) is 0 Å². The fraction of sp³-hybridized carbons (Fsp3) is 0.538. The first-order valence-electron chi connectivity index (χ1n) is 6.87. The van der Waals surface area contributed by atoms with Gasteiger partial charge >= 0.3 is 5.97 Å². The quantitative estimate of drug-likeness (QED) is 0.715. The number of carbonyl (C=O) groups is 3. The number of thiazole rings is 1. The molecule has 7 nitrogen and oxygen atoms in total. The van der Waals surface area contributed by atoms with Crippen LogP contribution in [0.2, 0.25) is 0 Å². The van der Waals surface area contributed by atoms with Crippen molar-refractivity contribution in [1.82, 2.24) is 10.3 Å². The standard InChI is InChI=1S/C13H15N3O4S/c17-9-5-4-7(11(18)15-9)14-13-16-10-6(12(19)20)2-1-3-8(10)21-13/h6-7H,1-5H2,(H,14,16)(H,19,20)(H,15,17,18). The van der Waals surface area contributed by atoms with Gasteiger partial charge < -0.3 is 10.4 Å². The normalized spacial score (nSPS) is 25.1. The van der Waals surface area contributed by atoms with Gasteiger partial charge in [0.2, 0.25) is 11.8 Å². The molecule has 21 heavy (non-hydrogen) atoms. The SMILES string of the molecule is O=C1CCC(Nc2nc3c(s2)CCCC3C(=O)O)C(=O)N1. The van der Waals surface area contributed by atoms with Crippen LogP contribution >= 0.6 is 11.3 Å². The number of aliphatic carboxylic acids is 1. The molecule has 0 aromatic carbocycles. The number of imide groups is 1. The molecule has 2 aliphatic rings. The Morgan fingerprint density at radius 2 is 2.14 bits per heavy atom. The summed E-state index contributed by atoms with van der Waals surface area (Å²) in [5.41, 5.74) is 0.619. The lowest BCUT2D eigenvalue weighted by Crippen LogP contribution is -2.47. The molecule has 2 amide bonds. The van der Waals surface area contributed by atoms with Gasteiger partial charge in [0.05, 0.1) is 5.69 Å². The van der Waals surface area contributed by atoms with Crippen LogP contribution in [-0.4, -0.2) is 33.9 Å². The molecule has 2 unspecified atom stereocenters. The molecule has 0 spiro atoms. The Morgan fingerprint density at radius 1 is 1.33 bits per heavy atom. The van der Waals surface area contributed by atoms with Gasteiger partial charge in [0.1, 0.15) is 12.0 Å². The predicted octanol–water partition coefficient (Wildman–Crippen LogP) is 0.865. The Hall–Kier alpha value is -1.96. The highest BCUT2D eigenvalue weighted by Gasteiger charge is 2.32. The lowest BCUT2D eigenvalue weighted by Gasteiger charge is -2.21. The second-order valence-electron chi connectivity index (χ2n) is 5.26. The topological polar surface area (TPSA) is 108 Å². The molecule has 0 saturated carbocycles. The van der Waals surface area contributed by atoms with E-state index in [9.17, 15) is 19.5 Å². The lowest BCUT2D eigenvalue weighted by molar-refractivity contribution is -0.139. The van der Waals surface area contributed by atoms with Gasteiger partial charge in [-0.1, -0.05) is 0 Å². The summed E-state index contributed by atoms with van der Waals surface area (Å²) >= 11 is 1.40. The number of nitrogens with zero attached hydrogens (tertiary/aromatic N) is 1. The van der Waals surface area contributed by atoms with E-state index in [4.69, 9.17) is 0 Å². The molecule has 0 radical (unpaired) electrons. The minimum atomic E-state index is -0.853. The number of carboxylic acids is 1. The molecule has 8 heteroatoms. The van der Waals surface area contributed by atoms with Crippen molar-refractivity contribution in [3.63, 3.8) is 0 Å². The fourth-order valence-electron chi connectivity index (χ4n) is 2.70. The summed E-state index contributed by atoms with van der Waals surface area (Å²) in [6, 6.07) is -0.487. The number of nitrogens with one attached hydrogen (secondary N) is 2. The highest BCUT2D eigenvalue weighted by Crippen LogP contribution is 2.37. The number of piperidine rings is 1. The first-order chi connectivity index (χ1) is 10.0. The number of hydrogen-bond donors (Lipinski definition) is 3. The molecule has 3 N–H and O–H groups in total. The third-order valence-corrected chi connectivity index (χ3v) is 4.85. The number of aryl methyl sites for hydroxylation is 1. The molecule has 2 heterocycles. The minimum Gasteiger partial charge on any atom is -0.481 e. The highest BCUT2D eigenvalue weighted by atomic mass is 32.1. The molecule has 1 aliphatic carbocycles. The summed E-state index contributed by atoms with van der Waals surface area (Å²) in [7, 11) is 0. The van der Waals surface area contributed by atoms with Crippen LogP contribution in [0.4, 0.5) is 5.13 Å². The van der Waals surface area contributed by atoms with Crippen molar-refractivity contribution in [1.29, 1.82) is 0 Å². The summed E-state index contributed by atoms with van der Waals surface area (Å²) < 4.78 is 0. The van der Waals surface area contributed by atoms with Crippen molar-refractivity contribution in [2.45, 2.75) is 44.1 Å². The number of fused-ring (bicyclic) bond motifs is 1. The van der Waals surface area contributed by atoms with Crippen molar-refractivity contribution < 1.29 is 19.5 Å². The van der Waals surface area contributed by atoms with Gasteiger partial charge in [0, 0.05) is 11.3 Å². The van der Waals surface area contributed by atoms with Gasteiger partial charge in [0.25, 0.3) is 0 Å². The van der Waals surface area contributed by atoms with Crippen LogP contribution in [0.5, 0.6) is 0 Å². The summed E-state index contributed by atoms with van der Waals surface area (Å²) in [5, 5.41) is 15.1. The number of hydrogen-bond acceptors (Lipinski definition) is 6. The number of rotatable bonds is 3. The van der Waals surface area contributed by atoms with Crippen molar-refractivity contribution in [2.75, 3.05) is 5.32 Å². The predicted molar refractivity (Wildman–Crippen MR) is 75.2 cm³/mol. The van der Waals surface area contributed by atoms with Gasteiger partial charge in [-0.05, 0) is 25.7 Å². The Kier molecular flexibility index (Phi) is 3.62. The number of aromatic nitrogens is 1. The Balaban J connectivity index is 1.77. The Bertz CT molecular complexity index is 613. The summed E-state index contributed by atoms with van der Waals surface area (Å²) in [6.45, 7) is 0.